The van der Waals surface area contributed by atoms with E-state index in [1.807, 2.05) is 45.0 Å². The molecular formula is C16H25BrN2O2. The zero-order chi connectivity index (χ0) is 15.9. The van der Waals surface area contributed by atoms with E-state index < -0.39 is 5.41 Å². The Morgan fingerprint density at radius 1 is 1.43 bits per heavy atom. The summed E-state index contributed by atoms with van der Waals surface area (Å²) in [4.78, 5) is 12.3. The first kappa shape index (κ1) is 18.0. The SMILES string of the molecule is CCC(CC)(CN)C(=O)NCC(C)Oc1cccc(Br)c1. The molecule has 0 aromatic heterocycles. The van der Waals surface area contributed by atoms with Gasteiger partial charge in [-0.05, 0) is 38.0 Å². The van der Waals surface area contributed by atoms with Gasteiger partial charge in [-0.2, -0.15) is 0 Å². The summed E-state index contributed by atoms with van der Waals surface area (Å²) in [6.45, 7) is 6.76. The lowest BCUT2D eigenvalue weighted by molar-refractivity contribution is -0.131. The van der Waals surface area contributed by atoms with Crippen molar-refractivity contribution in [1.82, 2.24) is 5.32 Å². The molecular weight excluding hydrogens is 332 g/mol. The van der Waals surface area contributed by atoms with Crippen molar-refractivity contribution in [2.45, 2.75) is 39.7 Å². The highest BCUT2D eigenvalue weighted by Crippen LogP contribution is 2.25. The van der Waals surface area contributed by atoms with Gasteiger partial charge in [0, 0.05) is 11.0 Å². The number of carbonyl (C=O) groups is 1. The maximum absolute atomic E-state index is 12.3. The van der Waals surface area contributed by atoms with E-state index in [9.17, 15) is 4.79 Å². The molecule has 0 aliphatic carbocycles. The Morgan fingerprint density at radius 2 is 2.10 bits per heavy atom. The van der Waals surface area contributed by atoms with E-state index in [-0.39, 0.29) is 12.0 Å². The standard InChI is InChI=1S/C16H25BrN2O2/c1-4-16(5-2,11-18)15(20)19-10-12(3)21-14-8-6-7-13(17)9-14/h6-9,12H,4-5,10-11,18H2,1-3H3,(H,19,20). The van der Waals surface area contributed by atoms with Gasteiger partial charge in [-0.3, -0.25) is 4.79 Å². The Morgan fingerprint density at radius 3 is 2.62 bits per heavy atom. The van der Waals surface area contributed by atoms with Gasteiger partial charge in [-0.1, -0.05) is 35.8 Å². The summed E-state index contributed by atoms with van der Waals surface area (Å²) in [5.74, 6) is 0.793. The number of halogens is 1. The summed E-state index contributed by atoms with van der Waals surface area (Å²) < 4.78 is 6.75. The zero-order valence-electron chi connectivity index (χ0n) is 13.0. The lowest BCUT2D eigenvalue weighted by Gasteiger charge is -2.29. The number of amides is 1. The third-order valence-electron chi connectivity index (χ3n) is 3.91. The van der Waals surface area contributed by atoms with E-state index in [4.69, 9.17) is 10.5 Å². The van der Waals surface area contributed by atoms with Crippen molar-refractivity contribution in [3.8, 4) is 5.75 Å². The molecule has 0 saturated heterocycles. The van der Waals surface area contributed by atoms with Crippen molar-refractivity contribution < 1.29 is 9.53 Å². The summed E-state index contributed by atoms with van der Waals surface area (Å²) in [5.41, 5.74) is 5.32. The molecule has 5 heteroatoms. The quantitative estimate of drug-likeness (QED) is 0.752. The molecule has 0 bridgehead atoms. The second-order valence-electron chi connectivity index (χ2n) is 5.29. The van der Waals surface area contributed by atoms with Gasteiger partial charge < -0.3 is 15.8 Å². The fourth-order valence-corrected chi connectivity index (χ4v) is 2.57. The van der Waals surface area contributed by atoms with Crippen LogP contribution in [0.2, 0.25) is 0 Å². The summed E-state index contributed by atoms with van der Waals surface area (Å²) in [5, 5.41) is 2.96. The van der Waals surface area contributed by atoms with Crippen molar-refractivity contribution in [2.24, 2.45) is 11.1 Å². The summed E-state index contributed by atoms with van der Waals surface area (Å²) in [6, 6.07) is 7.65. The molecule has 4 nitrogen and oxygen atoms in total. The van der Waals surface area contributed by atoms with Crippen molar-refractivity contribution in [3.05, 3.63) is 28.7 Å². The monoisotopic (exact) mass is 356 g/mol. The average Bonchev–Trinajstić information content (AvgIpc) is 2.47. The van der Waals surface area contributed by atoms with E-state index in [2.05, 4.69) is 21.2 Å². The van der Waals surface area contributed by atoms with Crippen LogP contribution in [0.4, 0.5) is 0 Å². The first-order valence-corrected chi connectivity index (χ1v) is 8.17. The van der Waals surface area contributed by atoms with Gasteiger partial charge >= 0.3 is 0 Å². The van der Waals surface area contributed by atoms with Crippen LogP contribution in [0.15, 0.2) is 28.7 Å². The number of nitrogens with two attached hydrogens (primary N) is 1. The van der Waals surface area contributed by atoms with Crippen molar-refractivity contribution >= 4 is 21.8 Å². The third kappa shape index (κ3) is 5.00. The van der Waals surface area contributed by atoms with Crippen LogP contribution in [0, 0.1) is 5.41 Å². The summed E-state index contributed by atoms with van der Waals surface area (Å²) in [7, 11) is 0. The van der Waals surface area contributed by atoms with Crippen LogP contribution in [-0.2, 0) is 4.79 Å². The molecule has 1 aromatic carbocycles. The first-order chi connectivity index (χ1) is 9.97. The van der Waals surface area contributed by atoms with Gasteiger partial charge in [0.2, 0.25) is 5.91 Å². The average molecular weight is 357 g/mol. The topological polar surface area (TPSA) is 64.4 Å². The second-order valence-corrected chi connectivity index (χ2v) is 6.20. The molecule has 1 unspecified atom stereocenters. The van der Waals surface area contributed by atoms with Gasteiger partial charge in [-0.25, -0.2) is 0 Å². The van der Waals surface area contributed by atoms with Crippen LogP contribution in [0.3, 0.4) is 0 Å². The Labute approximate surface area is 135 Å². The van der Waals surface area contributed by atoms with Crippen LogP contribution in [-0.4, -0.2) is 25.1 Å². The fraction of sp³-hybridized carbons (Fsp3) is 0.562. The lowest BCUT2D eigenvalue weighted by Crippen LogP contribution is -2.47. The van der Waals surface area contributed by atoms with Crippen molar-refractivity contribution in [2.75, 3.05) is 13.1 Å². The molecule has 1 atom stereocenters. The largest absolute Gasteiger partial charge is 0.489 e. The molecule has 0 saturated carbocycles. The minimum Gasteiger partial charge on any atom is -0.489 e. The molecule has 21 heavy (non-hydrogen) atoms. The predicted molar refractivity (Wildman–Crippen MR) is 89.3 cm³/mol. The van der Waals surface area contributed by atoms with Gasteiger partial charge in [0.05, 0.1) is 12.0 Å². The normalized spacial score (nSPS) is 12.8. The molecule has 0 radical (unpaired) electrons. The maximum Gasteiger partial charge on any atom is 0.227 e. The second kappa shape index (κ2) is 8.39. The van der Waals surface area contributed by atoms with E-state index in [0.29, 0.717) is 13.1 Å². The molecule has 3 N–H and O–H groups in total. The summed E-state index contributed by atoms with van der Waals surface area (Å²) >= 11 is 3.40. The molecule has 118 valence electrons. The van der Waals surface area contributed by atoms with Crippen LogP contribution >= 0.6 is 15.9 Å². The number of hydrogen-bond acceptors (Lipinski definition) is 3. The summed E-state index contributed by atoms with van der Waals surface area (Å²) in [6.07, 6.45) is 1.38. The highest BCUT2D eigenvalue weighted by atomic mass is 79.9. The van der Waals surface area contributed by atoms with E-state index in [1.54, 1.807) is 0 Å². The number of rotatable bonds is 8. The Hall–Kier alpha value is -1.07. The highest BCUT2D eigenvalue weighted by molar-refractivity contribution is 9.10. The van der Waals surface area contributed by atoms with Crippen LogP contribution in [0.25, 0.3) is 0 Å². The Bertz CT molecular complexity index is 453. The Balaban J connectivity index is 2.52. The predicted octanol–water partition coefficient (Wildman–Crippen LogP) is 3.10. The number of nitrogens with one attached hydrogen (secondary N) is 1. The third-order valence-corrected chi connectivity index (χ3v) is 4.40. The lowest BCUT2D eigenvalue weighted by atomic mass is 9.81. The Kier molecular flexibility index (Phi) is 7.18. The van der Waals surface area contributed by atoms with Crippen molar-refractivity contribution in [3.63, 3.8) is 0 Å². The molecule has 0 aliphatic heterocycles. The minimum absolute atomic E-state index is 0.0136. The molecule has 1 amide bonds. The first-order valence-electron chi connectivity index (χ1n) is 7.38. The maximum atomic E-state index is 12.3. The zero-order valence-corrected chi connectivity index (χ0v) is 14.6. The van der Waals surface area contributed by atoms with Gasteiger partial charge in [0.15, 0.2) is 0 Å². The van der Waals surface area contributed by atoms with Gasteiger partial charge in [-0.15, -0.1) is 0 Å². The van der Waals surface area contributed by atoms with E-state index in [0.717, 1.165) is 23.1 Å². The van der Waals surface area contributed by atoms with Gasteiger partial charge in [0.25, 0.3) is 0 Å². The van der Waals surface area contributed by atoms with Gasteiger partial charge in [0.1, 0.15) is 11.9 Å². The number of hydrogen-bond donors (Lipinski definition) is 2. The fourth-order valence-electron chi connectivity index (χ4n) is 2.19. The number of ether oxygens (including phenoxy) is 1. The molecule has 1 rings (SSSR count). The number of carbonyl (C=O) groups excluding carboxylic acids is 1. The van der Waals surface area contributed by atoms with Crippen LogP contribution < -0.4 is 15.8 Å². The van der Waals surface area contributed by atoms with Crippen LogP contribution in [0.5, 0.6) is 5.75 Å². The molecule has 1 aromatic rings. The van der Waals surface area contributed by atoms with Crippen molar-refractivity contribution in [1.29, 1.82) is 0 Å². The highest BCUT2D eigenvalue weighted by Gasteiger charge is 2.33. The van der Waals surface area contributed by atoms with Crippen LogP contribution in [0.1, 0.15) is 33.6 Å². The number of benzene rings is 1. The van der Waals surface area contributed by atoms with E-state index >= 15 is 0 Å². The molecule has 0 spiro atoms. The molecule has 0 aliphatic rings. The van der Waals surface area contributed by atoms with E-state index in [1.165, 1.54) is 0 Å². The smallest absolute Gasteiger partial charge is 0.227 e. The minimum atomic E-state index is -0.463. The molecule has 0 heterocycles. The molecule has 0 fully saturated rings.